The normalized spacial score (nSPS) is 30.9. The summed E-state index contributed by atoms with van der Waals surface area (Å²) in [7, 11) is 0. The molecule has 4 saturated carbocycles. The molecule has 0 heterocycles. The van der Waals surface area contributed by atoms with Crippen LogP contribution in [0, 0.1) is 23.2 Å². The van der Waals surface area contributed by atoms with E-state index in [0.29, 0.717) is 6.42 Å². The lowest BCUT2D eigenvalue weighted by Crippen LogP contribution is -2.56. The minimum Gasteiger partial charge on any atom is -0.273 e. The van der Waals surface area contributed by atoms with Crippen LogP contribution in [-0.2, 0) is 9.59 Å². The molecule has 2 amide bonds. The summed E-state index contributed by atoms with van der Waals surface area (Å²) in [6.07, 6.45) is 8.15. The number of carbonyl (C=O) groups is 2. The van der Waals surface area contributed by atoms with Crippen LogP contribution in [0.3, 0.4) is 0 Å². The second-order valence-electron chi connectivity index (χ2n) is 8.61. The smallest absolute Gasteiger partial charge is 0.244 e. The highest BCUT2D eigenvalue weighted by molar-refractivity contribution is 7.99. The van der Waals surface area contributed by atoms with E-state index in [1.807, 2.05) is 24.3 Å². The number of halogens is 1. The first kappa shape index (κ1) is 19.1. The highest BCUT2D eigenvalue weighted by atomic mass is 35.5. The maximum Gasteiger partial charge on any atom is 0.244 e. The Kier molecular flexibility index (Phi) is 5.70. The summed E-state index contributed by atoms with van der Waals surface area (Å²) < 4.78 is 0. The lowest BCUT2D eigenvalue weighted by atomic mass is 9.49. The zero-order chi connectivity index (χ0) is 18.9. The van der Waals surface area contributed by atoms with Gasteiger partial charge in [-0.2, -0.15) is 0 Å². The van der Waals surface area contributed by atoms with Crippen molar-refractivity contribution in [3.63, 3.8) is 0 Å². The molecular weight excluding hydrogens is 380 g/mol. The van der Waals surface area contributed by atoms with E-state index in [4.69, 9.17) is 11.6 Å². The maximum atomic E-state index is 12.8. The summed E-state index contributed by atoms with van der Waals surface area (Å²) >= 11 is 7.58. The maximum absolute atomic E-state index is 12.8. The zero-order valence-electron chi connectivity index (χ0n) is 15.5. The van der Waals surface area contributed by atoms with Crippen LogP contribution in [0.15, 0.2) is 29.2 Å². The molecule has 4 fully saturated rings. The Balaban J connectivity index is 1.17. The van der Waals surface area contributed by atoms with Crippen LogP contribution in [0.4, 0.5) is 0 Å². The van der Waals surface area contributed by atoms with Gasteiger partial charge in [0.05, 0.1) is 5.41 Å². The van der Waals surface area contributed by atoms with Crippen molar-refractivity contribution in [2.45, 2.75) is 56.3 Å². The van der Waals surface area contributed by atoms with Gasteiger partial charge in [0, 0.05) is 16.3 Å². The molecule has 6 heteroatoms. The van der Waals surface area contributed by atoms with Crippen molar-refractivity contribution in [3.05, 3.63) is 29.3 Å². The van der Waals surface area contributed by atoms with E-state index < -0.39 is 0 Å². The van der Waals surface area contributed by atoms with Gasteiger partial charge in [-0.3, -0.25) is 20.4 Å². The Morgan fingerprint density at radius 1 is 1.00 bits per heavy atom. The van der Waals surface area contributed by atoms with Gasteiger partial charge in [-0.1, -0.05) is 11.6 Å². The van der Waals surface area contributed by atoms with Gasteiger partial charge < -0.3 is 0 Å². The average Bonchev–Trinajstić information content (AvgIpc) is 2.63. The molecule has 2 N–H and O–H groups in total. The van der Waals surface area contributed by atoms with E-state index in [2.05, 4.69) is 10.9 Å². The van der Waals surface area contributed by atoms with E-state index in [0.717, 1.165) is 59.1 Å². The number of rotatable bonds is 6. The van der Waals surface area contributed by atoms with Crippen LogP contribution < -0.4 is 10.9 Å². The van der Waals surface area contributed by atoms with Crippen LogP contribution in [0.5, 0.6) is 0 Å². The number of thioether (sulfide) groups is 1. The standard InChI is InChI=1S/C21H27ClN2O2S/c22-17-3-5-18(6-4-17)27-7-1-2-19(25)23-24-20(26)21-11-14-8-15(12-21)10-16(9-14)13-21/h3-6,14-16H,1-2,7-13H2,(H,23,25)(H,24,26). The molecule has 27 heavy (non-hydrogen) atoms. The number of hydrazine groups is 1. The SMILES string of the molecule is O=C(CCCSc1ccc(Cl)cc1)NNC(=O)C12CC3CC(CC(C3)C1)C2. The molecule has 4 bridgehead atoms. The van der Waals surface area contributed by atoms with Gasteiger partial charge in [-0.25, -0.2) is 0 Å². The lowest BCUT2D eigenvalue weighted by molar-refractivity contribution is -0.148. The third kappa shape index (κ3) is 4.45. The Bertz CT molecular complexity index is 671. The monoisotopic (exact) mass is 406 g/mol. The number of carbonyl (C=O) groups excluding carboxylic acids is 2. The van der Waals surface area contributed by atoms with E-state index in [9.17, 15) is 9.59 Å². The summed E-state index contributed by atoms with van der Waals surface area (Å²) in [5.74, 6) is 2.97. The van der Waals surface area contributed by atoms with E-state index in [1.54, 1.807) is 11.8 Å². The molecule has 0 unspecified atom stereocenters. The molecule has 0 radical (unpaired) electrons. The molecule has 0 spiro atoms. The molecule has 146 valence electrons. The van der Waals surface area contributed by atoms with Gasteiger partial charge in [-0.05, 0) is 92.7 Å². The van der Waals surface area contributed by atoms with Gasteiger partial charge in [-0.15, -0.1) is 11.8 Å². The highest BCUT2D eigenvalue weighted by Crippen LogP contribution is 2.60. The number of nitrogens with one attached hydrogen (secondary N) is 2. The van der Waals surface area contributed by atoms with E-state index in [1.165, 1.54) is 19.3 Å². The lowest BCUT2D eigenvalue weighted by Gasteiger charge is -2.55. The second-order valence-corrected chi connectivity index (χ2v) is 10.2. The Morgan fingerprint density at radius 3 is 2.19 bits per heavy atom. The van der Waals surface area contributed by atoms with Gasteiger partial charge in [0.15, 0.2) is 0 Å². The van der Waals surface area contributed by atoms with Gasteiger partial charge >= 0.3 is 0 Å². The number of hydrogen-bond donors (Lipinski definition) is 2. The number of hydrogen-bond acceptors (Lipinski definition) is 3. The zero-order valence-corrected chi connectivity index (χ0v) is 17.1. The van der Waals surface area contributed by atoms with Gasteiger partial charge in [0.2, 0.25) is 11.8 Å². The molecule has 5 rings (SSSR count). The Morgan fingerprint density at radius 2 is 1.59 bits per heavy atom. The predicted octanol–water partition coefficient (Wildman–Crippen LogP) is 4.58. The Labute approximate surface area is 170 Å². The first-order chi connectivity index (χ1) is 13.0. The first-order valence-electron chi connectivity index (χ1n) is 10.00. The van der Waals surface area contributed by atoms with Crippen LogP contribution in [0.1, 0.15) is 51.4 Å². The summed E-state index contributed by atoms with van der Waals surface area (Å²) in [5, 5.41) is 0.730. The Hall–Kier alpha value is -1.20. The van der Waals surface area contributed by atoms with Crippen molar-refractivity contribution in [2.75, 3.05) is 5.75 Å². The van der Waals surface area contributed by atoms with Crippen molar-refractivity contribution in [1.82, 2.24) is 10.9 Å². The fraction of sp³-hybridized carbons (Fsp3) is 0.619. The summed E-state index contributed by atoms with van der Waals surface area (Å²) in [4.78, 5) is 26.0. The number of benzene rings is 1. The molecule has 0 atom stereocenters. The van der Waals surface area contributed by atoms with Gasteiger partial charge in [0.1, 0.15) is 0 Å². The molecule has 0 aromatic heterocycles. The minimum absolute atomic E-state index is 0.0467. The van der Waals surface area contributed by atoms with E-state index in [-0.39, 0.29) is 17.2 Å². The third-order valence-corrected chi connectivity index (χ3v) is 7.82. The van der Waals surface area contributed by atoms with Crippen molar-refractivity contribution in [2.24, 2.45) is 23.2 Å². The molecule has 4 aliphatic carbocycles. The molecule has 4 nitrogen and oxygen atoms in total. The quantitative estimate of drug-likeness (QED) is 0.413. The topological polar surface area (TPSA) is 58.2 Å². The van der Waals surface area contributed by atoms with Crippen molar-refractivity contribution < 1.29 is 9.59 Å². The molecule has 1 aromatic rings. The molecular formula is C21H27ClN2O2S. The van der Waals surface area contributed by atoms with Crippen LogP contribution in [0.25, 0.3) is 0 Å². The van der Waals surface area contributed by atoms with Crippen LogP contribution in [0.2, 0.25) is 5.02 Å². The fourth-order valence-electron chi connectivity index (χ4n) is 5.66. The van der Waals surface area contributed by atoms with Crippen LogP contribution >= 0.6 is 23.4 Å². The highest BCUT2D eigenvalue weighted by Gasteiger charge is 2.54. The largest absolute Gasteiger partial charge is 0.273 e. The molecule has 4 aliphatic rings. The molecule has 1 aromatic carbocycles. The van der Waals surface area contributed by atoms with Crippen molar-refractivity contribution in [3.8, 4) is 0 Å². The van der Waals surface area contributed by atoms with Crippen LogP contribution in [-0.4, -0.2) is 17.6 Å². The number of amides is 2. The molecule has 0 saturated heterocycles. The molecule has 0 aliphatic heterocycles. The summed E-state index contributed by atoms with van der Waals surface area (Å²) in [5.41, 5.74) is 5.18. The summed E-state index contributed by atoms with van der Waals surface area (Å²) in [6.45, 7) is 0. The second kappa shape index (κ2) is 8.04. The first-order valence-corrected chi connectivity index (χ1v) is 11.4. The predicted molar refractivity (Wildman–Crippen MR) is 108 cm³/mol. The average molecular weight is 407 g/mol. The third-order valence-electron chi connectivity index (χ3n) is 6.47. The van der Waals surface area contributed by atoms with Crippen molar-refractivity contribution >= 4 is 35.2 Å². The fourth-order valence-corrected chi connectivity index (χ4v) is 6.64. The van der Waals surface area contributed by atoms with Crippen molar-refractivity contribution in [1.29, 1.82) is 0 Å². The van der Waals surface area contributed by atoms with E-state index >= 15 is 0 Å². The minimum atomic E-state index is -0.216. The summed E-state index contributed by atoms with van der Waals surface area (Å²) in [6, 6.07) is 7.71. The van der Waals surface area contributed by atoms with Gasteiger partial charge in [0.25, 0.3) is 0 Å².